The van der Waals surface area contributed by atoms with E-state index in [1.54, 1.807) is 43.3 Å². The lowest BCUT2D eigenvalue weighted by atomic mass is 10.1. The summed E-state index contributed by atoms with van der Waals surface area (Å²) in [6.45, 7) is 3.41. The van der Waals surface area contributed by atoms with Gasteiger partial charge >= 0.3 is 5.97 Å². The number of hydrogen-bond acceptors (Lipinski definition) is 8. The first-order chi connectivity index (χ1) is 19.8. The molecule has 0 atom stereocenters. The smallest absolute Gasteiger partial charge is 0.335 e. The van der Waals surface area contributed by atoms with Gasteiger partial charge in [0.2, 0.25) is 0 Å². The average Bonchev–Trinajstić information content (AvgIpc) is 3.24. The van der Waals surface area contributed by atoms with Gasteiger partial charge in [-0.3, -0.25) is 9.69 Å². The van der Waals surface area contributed by atoms with Crippen LogP contribution < -0.4 is 14.4 Å². The number of nitrogens with zero attached hydrogens (tertiary/aromatic N) is 3. The number of amides is 1. The molecule has 2 heterocycles. The standard InChI is InChI=1S/C30H28BrN3O6S/c1-33-28(35)26(41-30(33)32-22-7-9-23(10-8-22)34-11-13-39-14-12-34)17-20-15-24(31)27(25(16-20)38-2)40-18-19-3-5-21(6-4-19)29(36)37/h3-10,15-17H,11-14,18H2,1-2H3,(H,36,37)/b26-17-,32-30?. The maximum Gasteiger partial charge on any atom is 0.335 e. The fourth-order valence-corrected chi connectivity index (χ4v) is 5.90. The third kappa shape index (κ3) is 6.75. The molecule has 41 heavy (non-hydrogen) atoms. The van der Waals surface area contributed by atoms with Crippen molar-refractivity contribution in [1.29, 1.82) is 0 Å². The molecule has 0 bridgehead atoms. The van der Waals surface area contributed by atoms with Crippen molar-refractivity contribution in [2.45, 2.75) is 6.61 Å². The Balaban J connectivity index is 1.30. The van der Waals surface area contributed by atoms with Crippen molar-refractivity contribution in [3.05, 3.63) is 86.7 Å². The minimum absolute atomic E-state index is 0.140. The molecule has 5 rings (SSSR count). The van der Waals surface area contributed by atoms with Crippen molar-refractivity contribution < 1.29 is 28.9 Å². The Kier molecular flexibility index (Phi) is 8.96. The highest BCUT2D eigenvalue weighted by Crippen LogP contribution is 2.39. The number of carboxylic acid groups (broad SMARTS) is 1. The topological polar surface area (TPSA) is 101 Å². The number of carboxylic acids is 1. The van der Waals surface area contributed by atoms with Crippen LogP contribution in [-0.4, -0.2) is 67.5 Å². The molecule has 2 aliphatic rings. The zero-order chi connectivity index (χ0) is 28.9. The summed E-state index contributed by atoms with van der Waals surface area (Å²) in [6.07, 6.45) is 1.80. The van der Waals surface area contributed by atoms with E-state index >= 15 is 0 Å². The van der Waals surface area contributed by atoms with Crippen LogP contribution in [0.15, 0.2) is 75.0 Å². The third-order valence-electron chi connectivity index (χ3n) is 6.59. The van der Waals surface area contributed by atoms with Gasteiger partial charge in [0.15, 0.2) is 16.7 Å². The van der Waals surface area contributed by atoms with Crippen LogP contribution in [0.1, 0.15) is 21.5 Å². The van der Waals surface area contributed by atoms with Crippen LogP contribution in [0.2, 0.25) is 0 Å². The maximum absolute atomic E-state index is 13.0. The molecular formula is C30H28BrN3O6S. The van der Waals surface area contributed by atoms with E-state index in [0.717, 1.165) is 48.8 Å². The first-order valence-corrected chi connectivity index (χ1v) is 14.4. The highest BCUT2D eigenvalue weighted by atomic mass is 79.9. The summed E-state index contributed by atoms with van der Waals surface area (Å²) in [4.78, 5) is 33.2. The van der Waals surface area contributed by atoms with E-state index in [2.05, 4.69) is 20.8 Å². The van der Waals surface area contributed by atoms with Crippen LogP contribution in [0.3, 0.4) is 0 Å². The van der Waals surface area contributed by atoms with Crippen molar-refractivity contribution in [2.24, 2.45) is 4.99 Å². The molecule has 11 heteroatoms. The van der Waals surface area contributed by atoms with Gasteiger partial charge in [0, 0.05) is 25.8 Å². The van der Waals surface area contributed by atoms with Crippen LogP contribution in [0.25, 0.3) is 6.08 Å². The van der Waals surface area contributed by atoms with Gasteiger partial charge in [-0.2, -0.15) is 0 Å². The van der Waals surface area contributed by atoms with Crippen molar-refractivity contribution in [3.8, 4) is 11.5 Å². The molecule has 2 fully saturated rings. The number of hydrogen-bond donors (Lipinski definition) is 1. The number of carbonyl (C=O) groups excluding carboxylic acids is 1. The maximum atomic E-state index is 13.0. The number of anilines is 1. The van der Waals surface area contributed by atoms with Crippen LogP contribution in [0.5, 0.6) is 11.5 Å². The summed E-state index contributed by atoms with van der Waals surface area (Å²) in [5.41, 5.74) is 3.68. The third-order valence-corrected chi connectivity index (χ3v) is 8.24. The molecular weight excluding hydrogens is 610 g/mol. The minimum Gasteiger partial charge on any atom is -0.493 e. The molecule has 2 saturated heterocycles. The predicted octanol–water partition coefficient (Wildman–Crippen LogP) is 5.81. The van der Waals surface area contributed by atoms with Gasteiger partial charge in [0.25, 0.3) is 5.91 Å². The molecule has 2 aliphatic heterocycles. The fourth-order valence-electron chi connectivity index (χ4n) is 4.34. The molecule has 3 aromatic rings. The molecule has 1 N–H and O–H groups in total. The van der Waals surface area contributed by atoms with Gasteiger partial charge < -0.3 is 24.2 Å². The number of halogens is 1. The van der Waals surface area contributed by atoms with E-state index in [9.17, 15) is 9.59 Å². The Morgan fingerprint density at radius 1 is 1.12 bits per heavy atom. The molecule has 0 radical (unpaired) electrons. The summed E-state index contributed by atoms with van der Waals surface area (Å²) in [5.74, 6) is -0.124. The monoisotopic (exact) mass is 637 g/mol. The van der Waals surface area contributed by atoms with Crippen molar-refractivity contribution in [3.63, 3.8) is 0 Å². The first kappa shape index (κ1) is 28.7. The largest absolute Gasteiger partial charge is 0.493 e. The number of rotatable bonds is 8. The SMILES string of the molecule is COc1cc(/C=C2\SC(=Nc3ccc(N4CCOCC4)cc3)N(C)C2=O)cc(Br)c1OCc1ccc(C(=O)O)cc1. The van der Waals surface area contributed by atoms with Crippen molar-refractivity contribution in [2.75, 3.05) is 45.4 Å². The van der Waals surface area contributed by atoms with E-state index < -0.39 is 5.97 Å². The molecule has 0 aromatic heterocycles. The second-order valence-corrected chi connectivity index (χ2v) is 11.2. The number of methoxy groups -OCH3 is 1. The van der Waals surface area contributed by atoms with Gasteiger partial charge in [-0.1, -0.05) is 12.1 Å². The Labute approximate surface area is 250 Å². The van der Waals surface area contributed by atoms with Gasteiger partial charge in [-0.25, -0.2) is 9.79 Å². The molecule has 3 aromatic carbocycles. The quantitative estimate of drug-likeness (QED) is 0.309. The fraction of sp³-hybridized carbons (Fsp3) is 0.233. The summed E-state index contributed by atoms with van der Waals surface area (Å²) in [7, 11) is 3.26. The highest BCUT2D eigenvalue weighted by Gasteiger charge is 2.30. The van der Waals surface area contributed by atoms with E-state index in [4.69, 9.17) is 24.3 Å². The summed E-state index contributed by atoms with van der Waals surface area (Å²) in [6, 6.07) is 18.1. The van der Waals surface area contributed by atoms with E-state index in [-0.39, 0.29) is 18.1 Å². The second-order valence-electron chi connectivity index (χ2n) is 9.31. The molecule has 0 aliphatic carbocycles. The number of likely N-dealkylation sites (N-methyl/N-ethyl adjacent to an activating group) is 1. The molecule has 9 nitrogen and oxygen atoms in total. The van der Waals surface area contributed by atoms with Crippen LogP contribution in [0.4, 0.5) is 11.4 Å². The molecule has 0 saturated carbocycles. The van der Waals surface area contributed by atoms with Gasteiger partial charge in [0.1, 0.15) is 6.61 Å². The average molecular weight is 639 g/mol. The number of carbonyl (C=O) groups is 2. The van der Waals surface area contributed by atoms with E-state index in [0.29, 0.717) is 26.0 Å². The highest BCUT2D eigenvalue weighted by molar-refractivity contribution is 9.10. The van der Waals surface area contributed by atoms with E-state index in [1.807, 2.05) is 30.3 Å². The summed E-state index contributed by atoms with van der Waals surface area (Å²) in [5, 5.41) is 9.68. The second kappa shape index (κ2) is 12.8. The lowest BCUT2D eigenvalue weighted by Crippen LogP contribution is -2.36. The van der Waals surface area contributed by atoms with Crippen LogP contribution in [-0.2, 0) is 16.1 Å². The number of thioether (sulfide) groups is 1. The zero-order valence-corrected chi connectivity index (χ0v) is 24.9. The number of aliphatic imine (C=N–C) groups is 1. The Bertz CT molecular complexity index is 1500. The van der Waals surface area contributed by atoms with Crippen molar-refractivity contribution >= 4 is 62.2 Å². The number of ether oxygens (including phenoxy) is 3. The summed E-state index contributed by atoms with van der Waals surface area (Å²) >= 11 is 4.88. The van der Waals surface area contributed by atoms with Crippen molar-refractivity contribution in [1.82, 2.24) is 4.90 Å². The molecule has 0 unspecified atom stereocenters. The van der Waals surface area contributed by atoms with E-state index in [1.165, 1.54) is 23.9 Å². The van der Waals surface area contributed by atoms with Gasteiger partial charge in [-0.15, -0.1) is 0 Å². The Morgan fingerprint density at radius 3 is 2.49 bits per heavy atom. The van der Waals surface area contributed by atoms with Crippen LogP contribution >= 0.6 is 27.7 Å². The zero-order valence-electron chi connectivity index (χ0n) is 22.5. The Morgan fingerprint density at radius 2 is 1.83 bits per heavy atom. The molecule has 212 valence electrons. The number of amidine groups is 1. The lowest BCUT2D eigenvalue weighted by Gasteiger charge is -2.28. The lowest BCUT2D eigenvalue weighted by molar-refractivity contribution is -0.121. The number of benzene rings is 3. The normalized spacial score (nSPS) is 17.4. The van der Waals surface area contributed by atoms with Gasteiger partial charge in [0.05, 0.1) is 41.0 Å². The Hall–Kier alpha value is -3.80. The van der Waals surface area contributed by atoms with Gasteiger partial charge in [-0.05, 0) is 93.4 Å². The molecule has 1 amide bonds. The van der Waals surface area contributed by atoms with Crippen LogP contribution in [0, 0.1) is 0 Å². The predicted molar refractivity (Wildman–Crippen MR) is 163 cm³/mol. The first-order valence-electron chi connectivity index (χ1n) is 12.8. The summed E-state index contributed by atoms with van der Waals surface area (Å²) < 4.78 is 17.7. The number of morpholine rings is 1. The minimum atomic E-state index is -0.978. The number of aromatic carboxylic acids is 1. The molecule has 0 spiro atoms.